The number of halogens is 1. The number of morpholine rings is 1. The highest BCUT2D eigenvalue weighted by atomic mass is 35.5. The molecule has 0 spiro atoms. The van der Waals surface area contributed by atoms with Crippen molar-refractivity contribution in [1.29, 1.82) is 0 Å². The lowest BCUT2D eigenvalue weighted by atomic mass is 10.3. The van der Waals surface area contributed by atoms with Gasteiger partial charge >= 0.3 is 0 Å². The number of aromatic nitrogens is 3. The van der Waals surface area contributed by atoms with Crippen LogP contribution in [-0.2, 0) is 4.74 Å². The summed E-state index contributed by atoms with van der Waals surface area (Å²) in [5.41, 5.74) is 0.320. The highest BCUT2D eigenvalue weighted by Crippen LogP contribution is 2.16. The molecule has 1 amide bonds. The molecule has 0 bridgehead atoms. The molecule has 23 heavy (non-hydrogen) atoms. The maximum atomic E-state index is 12.6. The molecule has 8 heteroatoms. The summed E-state index contributed by atoms with van der Waals surface area (Å²) in [6.45, 7) is 2.70. The molecule has 1 aliphatic rings. The number of nitrogens with zero attached hydrogens (tertiary/aromatic N) is 5. The lowest BCUT2D eigenvalue weighted by Gasteiger charge is -2.27. The summed E-state index contributed by atoms with van der Waals surface area (Å²) in [6.07, 6.45) is 3.09. The molecule has 3 rings (SSSR count). The van der Waals surface area contributed by atoms with Crippen LogP contribution < -0.4 is 9.80 Å². The molecule has 0 radical (unpaired) electrons. The Morgan fingerprint density at radius 1 is 1.26 bits per heavy atom. The lowest BCUT2D eigenvalue weighted by molar-refractivity contribution is 0.0987. The van der Waals surface area contributed by atoms with Crippen LogP contribution in [0.1, 0.15) is 10.5 Å². The number of ether oxygens (including phenoxy) is 1. The minimum Gasteiger partial charge on any atom is -0.378 e. The van der Waals surface area contributed by atoms with E-state index in [-0.39, 0.29) is 5.91 Å². The topological polar surface area (TPSA) is 71.5 Å². The number of hydrogen-bond acceptors (Lipinski definition) is 6. The van der Waals surface area contributed by atoms with Gasteiger partial charge in [0.05, 0.1) is 18.2 Å². The van der Waals surface area contributed by atoms with E-state index in [1.54, 1.807) is 31.4 Å². The van der Waals surface area contributed by atoms with Crippen LogP contribution in [0.2, 0.25) is 5.02 Å². The first-order chi connectivity index (χ1) is 11.1. The van der Waals surface area contributed by atoms with Gasteiger partial charge in [0.1, 0.15) is 11.5 Å². The zero-order chi connectivity index (χ0) is 16.2. The first-order valence-corrected chi connectivity index (χ1v) is 7.58. The summed E-state index contributed by atoms with van der Waals surface area (Å²) in [6, 6.07) is 4.97. The summed E-state index contributed by atoms with van der Waals surface area (Å²) < 4.78 is 5.31. The highest BCUT2D eigenvalue weighted by molar-refractivity contribution is 6.30. The Hall–Kier alpha value is -2.25. The van der Waals surface area contributed by atoms with Crippen molar-refractivity contribution in [3.8, 4) is 0 Å². The van der Waals surface area contributed by atoms with Crippen molar-refractivity contribution in [2.75, 3.05) is 43.2 Å². The van der Waals surface area contributed by atoms with E-state index in [1.165, 1.54) is 11.1 Å². The van der Waals surface area contributed by atoms with Crippen LogP contribution in [0, 0.1) is 0 Å². The molecule has 7 nitrogen and oxygen atoms in total. The van der Waals surface area contributed by atoms with Crippen LogP contribution in [-0.4, -0.2) is 54.2 Å². The Balaban J connectivity index is 1.80. The summed E-state index contributed by atoms with van der Waals surface area (Å²) in [7, 11) is 1.65. The smallest absolute Gasteiger partial charge is 0.277 e. The van der Waals surface area contributed by atoms with Crippen molar-refractivity contribution in [3.05, 3.63) is 41.3 Å². The maximum absolute atomic E-state index is 12.6. The molecule has 0 aromatic carbocycles. The van der Waals surface area contributed by atoms with Gasteiger partial charge in [-0.25, -0.2) is 15.0 Å². The molecular weight excluding hydrogens is 318 g/mol. The number of carbonyl (C=O) groups excluding carboxylic acids is 1. The minimum atomic E-state index is -0.253. The van der Waals surface area contributed by atoms with E-state index in [0.717, 1.165) is 0 Å². The Morgan fingerprint density at radius 2 is 2.04 bits per heavy atom. The second-order valence-corrected chi connectivity index (χ2v) is 5.48. The molecule has 0 saturated carbocycles. The second-order valence-electron chi connectivity index (χ2n) is 5.04. The Morgan fingerprint density at radius 3 is 2.74 bits per heavy atom. The molecule has 120 valence electrons. The van der Waals surface area contributed by atoms with Gasteiger partial charge in [-0.15, -0.1) is 0 Å². The minimum absolute atomic E-state index is 0.253. The number of anilines is 2. The highest BCUT2D eigenvalue weighted by Gasteiger charge is 2.19. The van der Waals surface area contributed by atoms with Gasteiger partial charge in [0, 0.05) is 32.5 Å². The normalized spacial score (nSPS) is 14.6. The van der Waals surface area contributed by atoms with Crippen LogP contribution in [0.4, 0.5) is 11.8 Å². The number of carbonyl (C=O) groups is 1. The van der Waals surface area contributed by atoms with E-state index in [9.17, 15) is 4.79 Å². The van der Waals surface area contributed by atoms with Gasteiger partial charge in [-0.05, 0) is 18.2 Å². The van der Waals surface area contributed by atoms with Crippen LogP contribution >= 0.6 is 11.6 Å². The molecule has 3 heterocycles. The third kappa shape index (κ3) is 3.57. The van der Waals surface area contributed by atoms with Crippen molar-refractivity contribution in [1.82, 2.24) is 15.0 Å². The van der Waals surface area contributed by atoms with Gasteiger partial charge in [0.2, 0.25) is 5.95 Å². The lowest BCUT2D eigenvalue weighted by Crippen LogP contribution is -2.38. The summed E-state index contributed by atoms with van der Waals surface area (Å²) in [5, 5.41) is 0.520. The molecular formula is C15H16ClN5O2. The van der Waals surface area contributed by atoms with Crippen LogP contribution in [0.25, 0.3) is 0 Å². The van der Waals surface area contributed by atoms with E-state index >= 15 is 0 Å². The van der Waals surface area contributed by atoms with E-state index < -0.39 is 0 Å². The zero-order valence-corrected chi connectivity index (χ0v) is 13.4. The summed E-state index contributed by atoms with van der Waals surface area (Å²) in [5.74, 6) is 0.791. The van der Waals surface area contributed by atoms with Crippen molar-refractivity contribution in [2.45, 2.75) is 0 Å². The van der Waals surface area contributed by atoms with Crippen molar-refractivity contribution in [3.63, 3.8) is 0 Å². The third-order valence-corrected chi connectivity index (χ3v) is 3.74. The average molecular weight is 334 g/mol. The number of amides is 1. The molecule has 0 N–H and O–H groups in total. The zero-order valence-electron chi connectivity index (χ0n) is 12.6. The van der Waals surface area contributed by atoms with Crippen LogP contribution in [0.15, 0.2) is 30.6 Å². The summed E-state index contributed by atoms with van der Waals surface area (Å²) in [4.78, 5) is 28.8. The molecule has 0 unspecified atom stereocenters. The average Bonchev–Trinajstić information content (AvgIpc) is 2.62. The fourth-order valence-electron chi connectivity index (χ4n) is 2.23. The quantitative estimate of drug-likeness (QED) is 0.850. The number of pyridine rings is 1. The van der Waals surface area contributed by atoms with Gasteiger partial charge in [-0.2, -0.15) is 0 Å². The van der Waals surface area contributed by atoms with Crippen molar-refractivity contribution in [2.24, 2.45) is 0 Å². The fraction of sp³-hybridized carbons (Fsp3) is 0.333. The Kier molecular flexibility index (Phi) is 4.68. The van der Waals surface area contributed by atoms with Gasteiger partial charge in [-0.1, -0.05) is 11.6 Å². The molecule has 2 aromatic rings. The maximum Gasteiger partial charge on any atom is 0.277 e. The third-order valence-electron chi connectivity index (χ3n) is 3.52. The fourth-order valence-corrected chi connectivity index (χ4v) is 2.34. The monoisotopic (exact) mass is 333 g/mol. The van der Waals surface area contributed by atoms with E-state index in [1.807, 2.05) is 4.90 Å². The van der Waals surface area contributed by atoms with Crippen molar-refractivity contribution >= 4 is 29.3 Å². The predicted molar refractivity (Wildman–Crippen MR) is 87.0 cm³/mol. The van der Waals surface area contributed by atoms with E-state index in [0.29, 0.717) is 48.8 Å². The Bertz CT molecular complexity index is 689. The van der Waals surface area contributed by atoms with Gasteiger partial charge in [-0.3, -0.25) is 9.69 Å². The van der Waals surface area contributed by atoms with E-state index in [4.69, 9.17) is 16.3 Å². The molecule has 2 aromatic heterocycles. The van der Waals surface area contributed by atoms with Gasteiger partial charge in [0.15, 0.2) is 0 Å². The Labute approximate surface area is 138 Å². The molecule has 0 atom stereocenters. The molecule has 0 aliphatic carbocycles. The van der Waals surface area contributed by atoms with Gasteiger partial charge in [0.25, 0.3) is 5.91 Å². The first-order valence-electron chi connectivity index (χ1n) is 7.20. The number of hydrogen-bond donors (Lipinski definition) is 0. The largest absolute Gasteiger partial charge is 0.378 e. The predicted octanol–water partition coefficient (Wildman–Crippen LogP) is 1.64. The standard InChI is InChI=1S/C15H16ClN5O2/c1-20(13-3-2-11(16)10-18-13)14(22)12-4-5-17-15(19-12)21-6-8-23-9-7-21/h2-5,10H,6-9H2,1H3. The first kappa shape index (κ1) is 15.6. The molecule has 1 aliphatic heterocycles. The van der Waals surface area contributed by atoms with Crippen molar-refractivity contribution < 1.29 is 9.53 Å². The van der Waals surface area contributed by atoms with Gasteiger partial charge < -0.3 is 9.64 Å². The molecule has 1 fully saturated rings. The van der Waals surface area contributed by atoms with Crippen LogP contribution in [0.3, 0.4) is 0 Å². The second kappa shape index (κ2) is 6.89. The van der Waals surface area contributed by atoms with E-state index in [2.05, 4.69) is 15.0 Å². The SMILES string of the molecule is CN(C(=O)c1ccnc(N2CCOCC2)n1)c1ccc(Cl)cn1. The summed E-state index contributed by atoms with van der Waals surface area (Å²) >= 11 is 5.82. The molecule has 1 saturated heterocycles. The number of rotatable bonds is 3. The van der Waals surface area contributed by atoms with Crippen LogP contribution in [0.5, 0.6) is 0 Å².